The van der Waals surface area contributed by atoms with Crippen LogP contribution in [0, 0.1) is 13.8 Å². The molecular formula is C25H26ClN7O2S. The van der Waals surface area contributed by atoms with Gasteiger partial charge in [-0.05, 0) is 62.5 Å². The van der Waals surface area contributed by atoms with Crippen LogP contribution in [0.25, 0.3) is 0 Å². The average Bonchev–Trinajstić information content (AvgIpc) is 3.58. The third-order valence-electron chi connectivity index (χ3n) is 6.23. The lowest BCUT2D eigenvalue weighted by atomic mass is 9.96. The number of anilines is 1. The summed E-state index contributed by atoms with van der Waals surface area (Å²) in [6.45, 7) is 5.03. The van der Waals surface area contributed by atoms with Gasteiger partial charge in [0, 0.05) is 35.9 Å². The Morgan fingerprint density at radius 3 is 2.58 bits per heavy atom. The predicted molar refractivity (Wildman–Crippen MR) is 141 cm³/mol. The average molecular weight is 524 g/mol. The summed E-state index contributed by atoms with van der Waals surface area (Å²) in [6.07, 6.45) is 5.15. The number of hydrogen-bond acceptors (Lipinski definition) is 6. The molecular weight excluding hydrogens is 498 g/mol. The number of nitrogens with one attached hydrogen (secondary N) is 1. The Hall–Kier alpha value is -3.47. The van der Waals surface area contributed by atoms with Gasteiger partial charge in [0.2, 0.25) is 0 Å². The molecule has 186 valence electrons. The summed E-state index contributed by atoms with van der Waals surface area (Å²) in [6, 6.07) is 13.4. The molecule has 9 nitrogen and oxygen atoms in total. The Labute approximate surface area is 219 Å². The van der Waals surface area contributed by atoms with E-state index in [0.717, 1.165) is 28.3 Å². The van der Waals surface area contributed by atoms with Crippen LogP contribution in [-0.2, 0) is 4.74 Å². The van der Waals surface area contributed by atoms with Gasteiger partial charge in [-0.1, -0.05) is 17.7 Å². The van der Waals surface area contributed by atoms with E-state index in [2.05, 4.69) is 50.0 Å². The van der Waals surface area contributed by atoms with Crippen LogP contribution in [0.1, 0.15) is 34.7 Å². The standard InChI is InChI=1S/C25H26ClN7O2S/c1-16-12-19(17(2)33(16)31-14-28-29-15-31)24-23(21-6-4-5-9-27-21)30-25(36)32(24)18-7-8-22(20(26)13-18)35-11-10-34-3/h4-9,12-15,23-24H,10-11H2,1-3H3,(H,30,36)/t23-,24+/m1/s1. The highest BCUT2D eigenvalue weighted by molar-refractivity contribution is 7.80. The molecule has 1 aliphatic rings. The number of thiocarbonyl (C=S) groups is 1. The highest BCUT2D eigenvalue weighted by Gasteiger charge is 2.42. The molecule has 0 radical (unpaired) electrons. The summed E-state index contributed by atoms with van der Waals surface area (Å²) in [7, 11) is 1.63. The molecule has 3 aromatic heterocycles. The maximum Gasteiger partial charge on any atom is 0.174 e. The third-order valence-corrected chi connectivity index (χ3v) is 6.84. The van der Waals surface area contributed by atoms with Gasteiger partial charge in [-0.2, -0.15) is 0 Å². The maximum atomic E-state index is 6.62. The molecule has 1 fully saturated rings. The largest absolute Gasteiger partial charge is 0.490 e. The Morgan fingerprint density at radius 2 is 1.89 bits per heavy atom. The number of nitrogens with zero attached hydrogens (tertiary/aromatic N) is 6. The van der Waals surface area contributed by atoms with Crippen molar-refractivity contribution >= 4 is 34.6 Å². The van der Waals surface area contributed by atoms with Crippen molar-refractivity contribution in [2.45, 2.75) is 25.9 Å². The highest BCUT2D eigenvalue weighted by Crippen LogP contribution is 2.44. The fraction of sp³-hybridized carbons (Fsp3) is 0.280. The Balaban J connectivity index is 1.59. The van der Waals surface area contributed by atoms with Gasteiger partial charge in [0.25, 0.3) is 0 Å². The van der Waals surface area contributed by atoms with E-state index in [4.69, 9.17) is 33.3 Å². The van der Waals surface area contributed by atoms with Gasteiger partial charge in [0.05, 0.1) is 29.4 Å². The molecule has 0 spiro atoms. The molecule has 0 saturated carbocycles. The lowest BCUT2D eigenvalue weighted by Gasteiger charge is -2.28. The Morgan fingerprint density at radius 1 is 1.08 bits per heavy atom. The fourth-order valence-corrected chi connectivity index (χ4v) is 5.25. The molecule has 1 saturated heterocycles. The molecule has 4 aromatic rings. The van der Waals surface area contributed by atoms with Crippen molar-refractivity contribution in [3.8, 4) is 5.75 Å². The number of ether oxygens (including phenoxy) is 2. The number of hydrogen-bond donors (Lipinski definition) is 1. The van der Waals surface area contributed by atoms with E-state index in [9.17, 15) is 0 Å². The molecule has 0 unspecified atom stereocenters. The van der Waals surface area contributed by atoms with Crippen LogP contribution in [-0.4, -0.2) is 50.0 Å². The van der Waals surface area contributed by atoms with Crippen molar-refractivity contribution in [2.24, 2.45) is 0 Å². The molecule has 0 aliphatic carbocycles. The van der Waals surface area contributed by atoms with Crippen molar-refractivity contribution in [3.05, 3.63) is 89.0 Å². The monoisotopic (exact) mass is 523 g/mol. The summed E-state index contributed by atoms with van der Waals surface area (Å²) >= 11 is 12.5. The van der Waals surface area contributed by atoms with Gasteiger partial charge in [-0.25, -0.2) is 4.68 Å². The number of aromatic nitrogens is 5. The molecule has 11 heteroatoms. The summed E-state index contributed by atoms with van der Waals surface area (Å²) in [5.41, 5.74) is 4.93. The van der Waals surface area contributed by atoms with Crippen LogP contribution in [0.15, 0.2) is 61.3 Å². The normalized spacial score (nSPS) is 17.4. The van der Waals surface area contributed by atoms with Crippen molar-refractivity contribution in [1.82, 2.24) is 29.9 Å². The van der Waals surface area contributed by atoms with Gasteiger partial charge in [-0.15, -0.1) is 10.2 Å². The van der Waals surface area contributed by atoms with Gasteiger partial charge in [0.1, 0.15) is 25.0 Å². The molecule has 5 rings (SSSR count). The molecule has 36 heavy (non-hydrogen) atoms. The van der Waals surface area contributed by atoms with Gasteiger partial charge >= 0.3 is 0 Å². The van der Waals surface area contributed by atoms with Crippen molar-refractivity contribution in [2.75, 3.05) is 25.2 Å². The van der Waals surface area contributed by atoms with E-state index in [0.29, 0.717) is 29.1 Å². The lowest BCUT2D eigenvalue weighted by Crippen LogP contribution is -2.29. The fourth-order valence-electron chi connectivity index (χ4n) is 4.67. The van der Waals surface area contributed by atoms with Gasteiger partial charge in [0.15, 0.2) is 5.11 Å². The first kappa shape index (κ1) is 24.2. The number of aryl methyl sites for hydroxylation is 1. The van der Waals surface area contributed by atoms with Crippen molar-refractivity contribution < 1.29 is 9.47 Å². The summed E-state index contributed by atoms with van der Waals surface area (Å²) in [5.74, 6) is 0.596. The molecule has 1 aliphatic heterocycles. The first-order chi connectivity index (χ1) is 17.5. The lowest BCUT2D eigenvalue weighted by molar-refractivity contribution is 0.146. The van der Waals surface area contributed by atoms with E-state index in [-0.39, 0.29) is 12.1 Å². The van der Waals surface area contributed by atoms with E-state index in [1.54, 1.807) is 26.0 Å². The number of halogens is 1. The molecule has 0 amide bonds. The van der Waals surface area contributed by atoms with Crippen LogP contribution >= 0.6 is 23.8 Å². The minimum atomic E-state index is -0.180. The van der Waals surface area contributed by atoms with Crippen LogP contribution < -0.4 is 15.0 Å². The highest BCUT2D eigenvalue weighted by atomic mass is 35.5. The van der Waals surface area contributed by atoms with Crippen molar-refractivity contribution in [1.29, 1.82) is 0 Å². The summed E-state index contributed by atoms with van der Waals surface area (Å²) in [5, 5.41) is 12.5. The first-order valence-corrected chi connectivity index (χ1v) is 12.2. The topological polar surface area (TPSA) is 82.3 Å². The van der Waals surface area contributed by atoms with Crippen LogP contribution in [0.4, 0.5) is 5.69 Å². The van der Waals surface area contributed by atoms with Gasteiger partial charge < -0.3 is 19.7 Å². The van der Waals surface area contributed by atoms with Gasteiger partial charge in [-0.3, -0.25) is 9.66 Å². The Kier molecular flexibility index (Phi) is 6.90. The third kappa shape index (κ3) is 4.43. The zero-order chi connectivity index (χ0) is 25.2. The number of benzene rings is 1. The quantitative estimate of drug-likeness (QED) is 0.271. The molecule has 4 heterocycles. The minimum Gasteiger partial charge on any atom is -0.490 e. The summed E-state index contributed by atoms with van der Waals surface area (Å²) < 4.78 is 14.8. The minimum absolute atomic E-state index is 0.176. The Bertz CT molecular complexity index is 1360. The number of methoxy groups -OCH3 is 1. The van der Waals surface area contributed by atoms with E-state index < -0.39 is 0 Å². The first-order valence-electron chi connectivity index (χ1n) is 11.5. The molecule has 0 bridgehead atoms. The zero-order valence-electron chi connectivity index (χ0n) is 20.1. The zero-order valence-corrected chi connectivity index (χ0v) is 21.7. The van der Waals surface area contributed by atoms with Crippen LogP contribution in [0.3, 0.4) is 0 Å². The summed E-state index contributed by atoms with van der Waals surface area (Å²) in [4.78, 5) is 6.74. The second-order valence-electron chi connectivity index (χ2n) is 8.43. The number of rotatable bonds is 8. The molecule has 1 aromatic carbocycles. The van der Waals surface area contributed by atoms with E-state index in [1.807, 2.05) is 41.1 Å². The van der Waals surface area contributed by atoms with E-state index in [1.165, 1.54) is 0 Å². The van der Waals surface area contributed by atoms with E-state index >= 15 is 0 Å². The predicted octanol–water partition coefficient (Wildman–Crippen LogP) is 4.26. The molecule has 1 N–H and O–H groups in total. The van der Waals surface area contributed by atoms with Crippen molar-refractivity contribution in [3.63, 3.8) is 0 Å². The van der Waals surface area contributed by atoms with Crippen LogP contribution in [0.5, 0.6) is 5.75 Å². The van der Waals surface area contributed by atoms with Crippen LogP contribution in [0.2, 0.25) is 5.02 Å². The second kappa shape index (κ2) is 10.3. The smallest absolute Gasteiger partial charge is 0.174 e. The molecule has 2 atom stereocenters. The SMILES string of the molecule is COCCOc1ccc(N2C(=S)N[C@H](c3ccccn3)[C@@H]2c2cc(C)n(-n3cnnc3)c2C)cc1Cl. The maximum absolute atomic E-state index is 6.62. The second-order valence-corrected chi connectivity index (χ2v) is 9.23. The number of pyridine rings is 1.